The Balaban J connectivity index is 2.85. The molecular weight excluding hydrogens is 198 g/mol. The zero-order valence-electron chi connectivity index (χ0n) is 7.67. The van der Waals surface area contributed by atoms with Crippen LogP contribution in [-0.2, 0) is 6.54 Å². The van der Waals surface area contributed by atoms with E-state index in [-0.39, 0.29) is 0 Å². The van der Waals surface area contributed by atoms with Crippen molar-refractivity contribution in [3.63, 3.8) is 0 Å². The molecule has 0 bridgehead atoms. The molecule has 1 heterocycles. The van der Waals surface area contributed by atoms with Gasteiger partial charge in [0, 0.05) is 6.54 Å². The van der Waals surface area contributed by atoms with E-state index in [2.05, 4.69) is 10.4 Å². The van der Waals surface area contributed by atoms with Crippen molar-refractivity contribution < 1.29 is 0 Å². The van der Waals surface area contributed by atoms with Crippen LogP contribution in [0.3, 0.4) is 0 Å². The van der Waals surface area contributed by atoms with Crippen LogP contribution in [0, 0.1) is 4.91 Å². The molecule has 5 heteroatoms. The molecule has 0 N–H and O–H groups in total. The second-order valence-corrected chi connectivity index (χ2v) is 3.79. The Bertz CT molecular complexity index is 526. The van der Waals surface area contributed by atoms with Crippen LogP contribution in [0.5, 0.6) is 0 Å². The number of nitrogens with zero attached hydrogens (tertiary/aromatic N) is 3. The van der Waals surface area contributed by atoms with Gasteiger partial charge in [0.1, 0.15) is 0 Å². The summed E-state index contributed by atoms with van der Waals surface area (Å²) in [5.74, 6) is 0. The highest BCUT2D eigenvalue weighted by molar-refractivity contribution is 7.16. The average Bonchev–Trinajstić information content (AvgIpc) is 2.55. The molecule has 0 aliphatic rings. The summed E-state index contributed by atoms with van der Waals surface area (Å²) in [4.78, 5) is 10.8. The number of thiazole rings is 1. The minimum Gasteiger partial charge on any atom is -0.315 e. The first-order chi connectivity index (χ1) is 6.86. The molecular formula is C9H9N3OS. The van der Waals surface area contributed by atoms with Gasteiger partial charge in [0.2, 0.25) is 4.80 Å². The molecule has 0 aliphatic heterocycles. The van der Waals surface area contributed by atoms with Crippen LogP contribution >= 0.6 is 11.3 Å². The van der Waals surface area contributed by atoms with E-state index in [1.807, 2.05) is 35.8 Å². The van der Waals surface area contributed by atoms with Crippen LogP contribution in [0.15, 0.2) is 34.7 Å². The van der Waals surface area contributed by atoms with E-state index in [0.29, 0.717) is 4.80 Å². The predicted molar refractivity (Wildman–Crippen MR) is 56.8 cm³/mol. The standard InChI is InChI=1S/C9H9N3OS/c1-2-12-7-5-3-4-6-8(7)14-9(12)10-11-13/h3-6H,2H2,1H3/b10-9-. The van der Waals surface area contributed by atoms with Crippen molar-refractivity contribution in [2.24, 2.45) is 10.4 Å². The fraction of sp³-hybridized carbons (Fsp3) is 0.222. The lowest BCUT2D eigenvalue weighted by atomic mass is 10.3. The number of para-hydroxylation sites is 1. The SMILES string of the molecule is CCn1/c(=N/N=O)sc2ccccc21. The molecule has 0 saturated heterocycles. The summed E-state index contributed by atoms with van der Waals surface area (Å²) >= 11 is 1.48. The lowest BCUT2D eigenvalue weighted by Gasteiger charge is -1.97. The molecule has 0 unspecified atom stereocenters. The largest absolute Gasteiger partial charge is 0.315 e. The van der Waals surface area contributed by atoms with Crippen molar-refractivity contribution in [2.45, 2.75) is 13.5 Å². The zero-order valence-corrected chi connectivity index (χ0v) is 8.49. The molecule has 0 fully saturated rings. The molecule has 1 aromatic heterocycles. The first-order valence-electron chi connectivity index (χ1n) is 4.31. The number of hydrogen-bond acceptors (Lipinski definition) is 3. The van der Waals surface area contributed by atoms with Crippen LogP contribution in [-0.4, -0.2) is 4.57 Å². The number of rotatable bonds is 2. The average molecular weight is 207 g/mol. The molecule has 0 saturated carbocycles. The van der Waals surface area contributed by atoms with Crippen LogP contribution in [0.1, 0.15) is 6.92 Å². The van der Waals surface area contributed by atoms with Gasteiger partial charge in [-0.2, -0.15) is 0 Å². The number of aromatic nitrogens is 1. The summed E-state index contributed by atoms with van der Waals surface area (Å²) < 4.78 is 3.10. The molecule has 14 heavy (non-hydrogen) atoms. The fourth-order valence-electron chi connectivity index (χ4n) is 1.44. The number of benzene rings is 1. The summed E-state index contributed by atoms with van der Waals surface area (Å²) in [7, 11) is 0. The number of fused-ring (bicyclic) bond motifs is 1. The number of hydrogen-bond donors (Lipinski definition) is 0. The summed E-state index contributed by atoms with van der Waals surface area (Å²) in [5, 5.41) is 6.14. The highest BCUT2D eigenvalue weighted by Crippen LogP contribution is 2.16. The van der Waals surface area contributed by atoms with Gasteiger partial charge in [0.15, 0.2) is 0 Å². The third-order valence-corrected chi connectivity index (χ3v) is 3.08. The highest BCUT2D eigenvalue weighted by atomic mass is 32.1. The molecule has 0 spiro atoms. The quantitative estimate of drug-likeness (QED) is 0.550. The minimum absolute atomic E-state index is 0.656. The van der Waals surface area contributed by atoms with Crippen LogP contribution in [0.4, 0.5) is 0 Å². The number of aryl methyl sites for hydroxylation is 1. The van der Waals surface area contributed by atoms with Crippen molar-refractivity contribution >= 4 is 21.6 Å². The lowest BCUT2D eigenvalue weighted by Crippen LogP contribution is -2.12. The first-order valence-corrected chi connectivity index (χ1v) is 5.13. The van der Waals surface area contributed by atoms with E-state index in [1.165, 1.54) is 11.3 Å². The Labute approximate surface area is 84.5 Å². The van der Waals surface area contributed by atoms with Crippen molar-refractivity contribution in [1.82, 2.24) is 4.57 Å². The van der Waals surface area contributed by atoms with Gasteiger partial charge in [-0.25, -0.2) is 0 Å². The van der Waals surface area contributed by atoms with Crippen LogP contribution in [0.25, 0.3) is 10.2 Å². The normalized spacial score (nSPS) is 12.2. The van der Waals surface area contributed by atoms with Gasteiger partial charge in [0.05, 0.1) is 15.5 Å². The molecule has 0 atom stereocenters. The summed E-state index contributed by atoms with van der Waals surface area (Å²) in [6.07, 6.45) is 0. The topological polar surface area (TPSA) is 46.7 Å². The minimum atomic E-state index is 0.656. The Morgan fingerprint density at radius 1 is 1.43 bits per heavy atom. The number of nitroso groups, excluding NO2 is 1. The monoisotopic (exact) mass is 207 g/mol. The zero-order chi connectivity index (χ0) is 9.97. The van der Waals surface area contributed by atoms with Crippen molar-refractivity contribution in [3.8, 4) is 0 Å². The molecule has 0 radical (unpaired) electrons. The molecule has 1 aromatic carbocycles. The molecule has 0 amide bonds. The Morgan fingerprint density at radius 2 is 2.21 bits per heavy atom. The van der Waals surface area contributed by atoms with Gasteiger partial charge < -0.3 is 4.57 Å². The van der Waals surface area contributed by atoms with Gasteiger partial charge in [-0.05, 0) is 19.1 Å². The van der Waals surface area contributed by atoms with E-state index in [1.54, 1.807) is 0 Å². The molecule has 0 aliphatic carbocycles. The smallest absolute Gasteiger partial charge is 0.215 e. The Kier molecular flexibility index (Phi) is 2.41. The molecule has 4 nitrogen and oxygen atoms in total. The van der Waals surface area contributed by atoms with Crippen LogP contribution < -0.4 is 4.80 Å². The van der Waals surface area contributed by atoms with E-state index in [0.717, 1.165) is 16.8 Å². The molecule has 2 aromatic rings. The summed E-state index contributed by atoms with van der Waals surface area (Å²) in [6, 6.07) is 7.96. The third-order valence-electron chi connectivity index (χ3n) is 2.03. The Hall–Kier alpha value is -1.49. The van der Waals surface area contributed by atoms with Crippen molar-refractivity contribution in [2.75, 3.05) is 0 Å². The molecule has 72 valence electrons. The van der Waals surface area contributed by atoms with E-state index in [9.17, 15) is 4.91 Å². The Morgan fingerprint density at radius 3 is 2.93 bits per heavy atom. The fourth-order valence-corrected chi connectivity index (χ4v) is 2.48. The highest BCUT2D eigenvalue weighted by Gasteiger charge is 2.02. The maximum absolute atomic E-state index is 10.1. The van der Waals surface area contributed by atoms with Gasteiger partial charge in [-0.3, -0.25) is 0 Å². The van der Waals surface area contributed by atoms with Gasteiger partial charge >= 0.3 is 0 Å². The lowest BCUT2D eigenvalue weighted by molar-refractivity contribution is 0.755. The van der Waals surface area contributed by atoms with Crippen molar-refractivity contribution in [3.05, 3.63) is 34.0 Å². The maximum Gasteiger partial charge on any atom is 0.215 e. The van der Waals surface area contributed by atoms with E-state index in [4.69, 9.17) is 0 Å². The van der Waals surface area contributed by atoms with E-state index < -0.39 is 0 Å². The van der Waals surface area contributed by atoms with Gasteiger partial charge in [-0.15, -0.1) is 4.91 Å². The summed E-state index contributed by atoms with van der Waals surface area (Å²) in [6.45, 7) is 2.81. The van der Waals surface area contributed by atoms with E-state index >= 15 is 0 Å². The second kappa shape index (κ2) is 3.71. The van der Waals surface area contributed by atoms with Crippen LogP contribution in [0.2, 0.25) is 0 Å². The predicted octanol–water partition coefficient (Wildman–Crippen LogP) is 2.30. The summed E-state index contributed by atoms with van der Waals surface area (Å²) in [5.41, 5.74) is 1.10. The van der Waals surface area contributed by atoms with Gasteiger partial charge in [-0.1, -0.05) is 28.6 Å². The first kappa shape index (κ1) is 9.08. The third kappa shape index (κ3) is 1.35. The maximum atomic E-state index is 10.1. The van der Waals surface area contributed by atoms with Gasteiger partial charge in [0.25, 0.3) is 0 Å². The second-order valence-electron chi connectivity index (χ2n) is 2.78. The molecule has 2 rings (SSSR count). The van der Waals surface area contributed by atoms with Crippen molar-refractivity contribution in [1.29, 1.82) is 0 Å².